The van der Waals surface area contributed by atoms with Gasteiger partial charge in [0.15, 0.2) is 0 Å². The van der Waals surface area contributed by atoms with E-state index in [0.29, 0.717) is 23.9 Å². The molecule has 0 radical (unpaired) electrons. The third kappa shape index (κ3) is 4.17. The summed E-state index contributed by atoms with van der Waals surface area (Å²) in [5.74, 6) is 1.41. The Kier molecular flexibility index (Phi) is 6.00. The Balaban J connectivity index is 2.06. The second-order valence-electron chi connectivity index (χ2n) is 6.06. The lowest BCUT2D eigenvalue weighted by Crippen LogP contribution is -2.57. The number of nitrogens with zero attached hydrogens (tertiary/aromatic N) is 2. The molecule has 1 fully saturated rings. The molecule has 0 spiro atoms. The minimum atomic E-state index is 0.586. The molecule has 4 heteroatoms. The van der Waals surface area contributed by atoms with Crippen molar-refractivity contribution in [3.05, 3.63) is 23.9 Å². The molecule has 118 valence electrons. The van der Waals surface area contributed by atoms with E-state index in [1.165, 1.54) is 12.8 Å². The number of pyridine rings is 1. The van der Waals surface area contributed by atoms with Crippen LogP contribution < -0.4 is 10.1 Å². The van der Waals surface area contributed by atoms with Crippen LogP contribution in [0.25, 0.3) is 0 Å². The number of rotatable bonds is 6. The van der Waals surface area contributed by atoms with Gasteiger partial charge in [-0.15, -0.1) is 0 Å². The minimum Gasteiger partial charge on any atom is -0.481 e. The van der Waals surface area contributed by atoms with Gasteiger partial charge in [0.1, 0.15) is 0 Å². The van der Waals surface area contributed by atoms with Crippen LogP contribution in [-0.2, 0) is 6.54 Å². The molecule has 3 atom stereocenters. The van der Waals surface area contributed by atoms with Crippen molar-refractivity contribution in [1.82, 2.24) is 15.2 Å². The van der Waals surface area contributed by atoms with Crippen LogP contribution in [0.2, 0.25) is 0 Å². The first-order valence-electron chi connectivity index (χ1n) is 8.15. The predicted octanol–water partition coefficient (Wildman–Crippen LogP) is 2.69. The van der Waals surface area contributed by atoms with Crippen molar-refractivity contribution in [2.45, 2.75) is 52.2 Å². The van der Waals surface area contributed by atoms with E-state index in [1.54, 1.807) is 7.11 Å². The predicted molar refractivity (Wildman–Crippen MR) is 86.5 cm³/mol. The SMILES string of the molecule is CCC(C)C1CN(Cc2cccc(OC)n2)C(CC)CN1. The van der Waals surface area contributed by atoms with Crippen LogP contribution in [0.5, 0.6) is 5.88 Å². The molecular weight excluding hydrogens is 262 g/mol. The lowest BCUT2D eigenvalue weighted by Gasteiger charge is -2.42. The smallest absolute Gasteiger partial charge is 0.213 e. The van der Waals surface area contributed by atoms with Crippen LogP contribution in [0.3, 0.4) is 0 Å². The Morgan fingerprint density at radius 2 is 2.24 bits per heavy atom. The Morgan fingerprint density at radius 1 is 1.43 bits per heavy atom. The van der Waals surface area contributed by atoms with E-state index in [4.69, 9.17) is 4.74 Å². The second-order valence-corrected chi connectivity index (χ2v) is 6.06. The van der Waals surface area contributed by atoms with Gasteiger partial charge in [-0.25, -0.2) is 4.98 Å². The summed E-state index contributed by atoms with van der Waals surface area (Å²) in [5.41, 5.74) is 1.10. The molecule has 0 aromatic carbocycles. The van der Waals surface area contributed by atoms with Gasteiger partial charge in [0.05, 0.1) is 12.8 Å². The molecule has 1 aromatic rings. The molecule has 1 aliphatic heterocycles. The van der Waals surface area contributed by atoms with Crippen LogP contribution in [0, 0.1) is 5.92 Å². The largest absolute Gasteiger partial charge is 0.481 e. The van der Waals surface area contributed by atoms with Crippen LogP contribution in [-0.4, -0.2) is 42.2 Å². The third-order valence-electron chi connectivity index (χ3n) is 4.72. The first-order chi connectivity index (χ1) is 10.2. The summed E-state index contributed by atoms with van der Waals surface area (Å²) in [6.45, 7) is 9.96. The van der Waals surface area contributed by atoms with Gasteiger partial charge >= 0.3 is 0 Å². The van der Waals surface area contributed by atoms with Gasteiger partial charge in [0, 0.05) is 37.8 Å². The Morgan fingerprint density at radius 3 is 2.90 bits per heavy atom. The van der Waals surface area contributed by atoms with E-state index in [1.807, 2.05) is 12.1 Å². The van der Waals surface area contributed by atoms with Crippen molar-refractivity contribution < 1.29 is 4.74 Å². The highest BCUT2D eigenvalue weighted by Gasteiger charge is 2.29. The zero-order valence-corrected chi connectivity index (χ0v) is 13.8. The van der Waals surface area contributed by atoms with Crippen molar-refractivity contribution in [3.63, 3.8) is 0 Å². The zero-order chi connectivity index (χ0) is 15.2. The van der Waals surface area contributed by atoms with E-state index in [-0.39, 0.29) is 0 Å². The second kappa shape index (κ2) is 7.76. The fourth-order valence-corrected chi connectivity index (χ4v) is 3.01. The van der Waals surface area contributed by atoms with Crippen molar-refractivity contribution in [3.8, 4) is 5.88 Å². The molecular formula is C17H29N3O. The standard InChI is InChI=1S/C17H29N3O/c1-5-13(3)16-12-20(15(6-2)10-18-16)11-14-8-7-9-17(19-14)21-4/h7-9,13,15-16,18H,5-6,10-12H2,1-4H3. The van der Waals surface area contributed by atoms with Crippen molar-refractivity contribution in [2.75, 3.05) is 20.2 Å². The summed E-state index contributed by atoms with van der Waals surface area (Å²) in [7, 11) is 1.67. The normalized spacial score (nSPS) is 24.8. The van der Waals surface area contributed by atoms with Gasteiger partial charge in [-0.05, 0) is 18.4 Å². The molecule has 21 heavy (non-hydrogen) atoms. The van der Waals surface area contributed by atoms with Crippen LogP contribution in [0.1, 0.15) is 39.3 Å². The maximum Gasteiger partial charge on any atom is 0.213 e. The van der Waals surface area contributed by atoms with E-state index in [2.05, 4.69) is 42.0 Å². The van der Waals surface area contributed by atoms with Gasteiger partial charge in [-0.2, -0.15) is 0 Å². The fraction of sp³-hybridized carbons (Fsp3) is 0.706. The first kappa shape index (κ1) is 16.2. The van der Waals surface area contributed by atoms with E-state index in [9.17, 15) is 0 Å². The maximum absolute atomic E-state index is 5.23. The van der Waals surface area contributed by atoms with Crippen molar-refractivity contribution in [2.24, 2.45) is 5.92 Å². The van der Waals surface area contributed by atoms with E-state index >= 15 is 0 Å². The molecule has 4 nitrogen and oxygen atoms in total. The van der Waals surface area contributed by atoms with Gasteiger partial charge in [-0.3, -0.25) is 4.90 Å². The summed E-state index contributed by atoms with van der Waals surface area (Å²) in [5, 5.41) is 3.72. The number of aromatic nitrogens is 1. The average Bonchev–Trinajstić information content (AvgIpc) is 2.54. The summed E-state index contributed by atoms with van der Waals surface area (Å²) >= 11 is 0. The lowest BCUT2D eigenvalue weighted by molar-refractivity contribution is 0.0979. The number of ether oxygens (including phenoxy) is 1. The number of piperazine rings is 1. The third-order valence-corrected chi connectivity index (χ3v) is 4.72. The summed E-state index contributed by atoms with van der Waals surface area (Å²) < 4.78 is 5.23. The molecule has 2 rings (SSSR count). The van der Waals surface area contributed by atoms with Gasteiger partial charge < -0.3 is 10.1 Å². The monoisotopic (exact) mass is 291 g/mol. The number of methoxy groups -OCH3 is 1. The molecule has 1 aliphatic rings. The zero-order valence-electron chi connectivity index (χ0n) is 13.8. The molecule has 1 saturated heterocycles. The molecule has 0 bridgehead atoms. The Labute approximate surface area is 128 Å². The molecule has 0 amide bonds. The highest BCUT2D eigenvalue weighted by Crippen LogP contribution is 2.19. The topological polar surface area (TPSA) is 37.4 Å². The number of hydrogen-bond donors (Lipinski definition) is 1. The fourth-order valence-electron chi connectivity index (χ4n) is 3.01. The van der Waals surface area contributed by atoms with Gasteiger partial charge in [0.25, 0.3) is 0 Å². The van der Waals surface area contributed by atoms with E-state index in [0.717, 1.165) is 25.3 Å². The van der Waals surface area contributed by atoms with Crippen LogP contribution in [0.15, 0.2) is 18.2 Å². The molecule has 2 heterocycles. The van der Waals surface area contributed by atoms with Crippen LogP contribution >= 0.6 is 0 Å². The van der Waals surface area contributed by atoms with Crippen LogP contribution in [0.4, 0.5) is 0 Å². The lowest BCUT2D eigenvalue weighted by atomic mass is 9.94. The molecule has 3 unspecified atom stereocenters. The molecule has 0 saturated carbocycles. The highest BCUT2D eigenvalue weighted by molar-refractivity contribution is 5.15. The molecule has 0 aliphatic carbocycles. The summed E-state index contributed by atoms with van der Waals surface area (Å²) in [6.07, 6.45) is 2.39. The summed E-state index contributed by atoms with van der Waals surface area (Å²) in [4.78, 5) is 7.14. The van der Waals surface area contributed by atoms with Gasteiger partial charge in [0.2, 0.25) is 5.88 Å². The Hall–Kier alpha value is -1.13. The van der Waals surface area contributed by atoms with Gasteiger partial charge in [-0.1, -0.05) is 33.3 Å². The number of hydrogen-bond acceptors (Lipinski definition) is 4. The molecule has 1 N–H and O–H groups in total. The minimum absolute atomic E-state index is 0.586. The molecule has 1 aromatic heterocycles. The Bertz CT molecular complexity index is 438. The maximum atomic E-state index is 5.23. The first-order valence-corrected chi connectivity index (χ1v) is 8.15. The van der Waals surface area contributed by atoms with Crippen molar-refractivity contribution >= 4 is 0 Å². The van der Waals surface area contributed by atoms with E-state index < -0.39 is 0 Å². The number of nitrogens with one attached hydrogen (secondary N) is 1. The summed E-state index contributed by atoms with van der Waals surface area (Å²) in [6, 6.07) is 7.20. The van der Waals surface area contributed by atoms with Crippen molar-refractivity contribution in [1.29, 1.82) is 0 Å². The average molecular weight is 291 g/mol. The highest BCUT2D eigenvalue weighted by atomic mass is 16.5. The quantitative estimate of drug-likeness (QED) is 0.874.